The van der Waals surface area contributed by atoms with Crippen molar-refractivity contribution in [2.45, 2.75) is 32.5 Å². The minimum absolute atomic E-state index is 0.0262. The Morgan fingerprint density at radius 1 is 1.24 bits per heavy atom. The molecule has 0 spiro atoms. The summed E-state index contributed by atoms with van der Waals surface area (Å²) >= 11 is 0. The van der Waals surface area contributed by atoms with Gasteiger partial charge in [-0.25, -0.2) is 8.42 Å². The maximum Gasteiger partial charge on any atom is 0.239 e. The molecule has 1 amide bonds. The number of amides is 1. The summed E-state index contributed by atoms with van der Waals surface area (Å²) in [5.74, 6) is -0.308. The van der Waals surface area contributed by atoms with Gasteiger partial charge in [0.25, 0.3) is 0 Å². The molecule has 1 aliphatic rings. The van der Waals surface area contributed by atoms with Gasteiger partial charge in [0.2, 0.25) is 15.9 Å². The molecule has 0 unspecified atom stereocenters. The highest BCUT2D eigenvalue weighted by atomic mass is 32.2. The van der Waals surface area contributed by atoms with Crippen molar-refractivity contribution in [3.8, 4) is 0 Å². The fourth-order valence-electron chi connectivity index (χ4n) is 2.99. The molecule has 6 nitrogen and oxygen atoms in total. The fourth-order valence-corrected chi connectivity index (χ4v) is 4.22. The summed E-state index contributed by atoms with van der Waals surface area (Å²) in [6.07, 6.45) is 3.73. The van der Waals surface area contributed by atoms with Crippen molar-refractivity contribution in [3.05, 3.63) is 65.5 Å². The fraction of sp³-hybridized carbons (Fsp3) is 0.333. The normalized spacial score (nSPS) is 17.7. The average molecular weight is 359 g/mol. The van der Waals surface area contributed by atoms with E-state index in [1.165, 1.54) is 4.31 Å². The molecule has 0 radical (unpaired) electrons. The number of hydrogen-bond donors (Lipinski definition) is 1. The van der Waals surface area contributed by atoms with Crippen molar-refractivity contribution < 1.29 is 13.2 Å². The first-order chi connectivity index (χ1) is 12.0. The SMILES string of the molecule is CCS(=O)(=O)N1Cc2ccccc2C[C@@H]1C(=O)NCc1cccnc1. The van der Waals surface area contributed by atoms with Gasteiger partial charge in [0.05, 0.1) is 5.75 Å². The first-order valence-electron chi connectivity index (χ1n) is 8.24. The number of carbonyl (C=O) groups is 1. The van der Waals surface area contributed by atoms with E-state index in [2.05, 4.69) is 10.3 Å². The topological polar surface area (TPSA) is 79.4 Å². The van der Waals surface area contributed by atoms with E-state index in [-0.39, 0.29) is 18.2 Å². The van der Waals surface area contributed by atoms with Crippen molar-refractivity contribution in [1.29, 1.82) is 0 Å². The molecule has 1 aromatic heterocycles. The molecular formula is C18H21N3O3S. The van der Waals surface area contributed by atoms with Crippen LogP contribution < -0.4 is 5.32 Å². The predicted molar refractivity (Wildman–Crippen MR) is 95.0 cm³/mol. The average Bonchev–Trinajstić information content (AvgIpc) is 2.65. The molecule has 0 fully saturated rings. The molecule has 2 heterocycles. The molecular weight excluding hydrogens is 338 g/mol. The molecule has 1 N–H and O–H groups in total. The summed E-state index contributed by atoms with van der Waals surface area (Å²) in [5.41, 5.74) is 2.85. The maximum absolute atomic E-state index is 12.7. The molecule has 7 heteroatoms. The molecule has 1 atom stereocenters. The van der Waals surface area contributed by atoms with Crippen LogP contribution in [-0.2, 0) is 34.3 Å². The van der Waals surface area contributed by atoms with Gasteiger partial charge < -0.3 is 5.32 Å². The molecule has 0 saturated carbocycles. The molecule has 2 aromatic rings. The summed E-state index contributed by atoms with van der Waals surface area (Å²) in [7, 11) is -3.48. The van der Waals surface area contributed by atoms with E-state index in [0.29, 0.717) is 13.0 Å². The van der Waals surface area contributed by atoms with Gasteiger partial charge in [-0.15, -0.1) is 0 Å². The van der Waals surface area contributed by atoms with E-state index < -0.39 is 16.1 Å². The largest absolute Gasteiger partial charge is 0.351 e. The molecule has 25 heavy (non-hydrogen) atoms. The van der Waals surface area contributed by atoms with Crippen LogP contribution in [0.1, 0.15) is 23.6 Å². The van der Waals surface area contributed by atoms with Crippen LogP contribution >= 0.6 is 0 Å². The van der Waals surface area contributed by atoms with E-state index in [1.807, 2.05) is 30.3 Å². The Labute approximate surface area is 147 Å². The lowest BCUT2D eigenvalue weighted by Crippen LogP contribution is -2.52. The van der Waals surface area contributed by atoms with Crippen LogP contribution in [0.4, 0.5) is 0 Å². The maximum atomic E-state index is 12.7. The number of aromatic nitrogens is 1. The second-order valence-electron chi connectivity index (χ2n) is 6.01. The Morgan fingerprint density at radius 3 is 2.68 bits per heavy atom. The minimum atomic E-state index is -3.48. The number of nitrogens with zero attached hydrogens (tertiary/aromatic N) is 2. The number of sulfonamides is 1. The highest BCUT2D eigenvalue weighted by Gasteiger charge is 2.37. The van der Waals surface area contributed by atoms with Gasteiger partial charge >= 0.3 is 0 Å². The highest BCUT2D eigenvalue weighted by Crippen LogP contribution is 2.26. The van der Waals surface area contributed by atoms with Gasteiger partial charge in [0.1, 0.15) is 6.04 Å². The molecule has 0 bridgehead atoms. The summed E-state index contributed by atoms with van der Waals surface area (Å²) in [6, 6.07) is 10.6. The Balaban J connectivity index is 1.82. The predicted octanol–water partition coefficient (Wildman–Crippen LogP) is 1.47. The molecule has 1 aliphatic heterocycles. The number of fused-ring (bicyclic) bond motifs is 1. The van der Waals surface area contributed by atoms with Crippen molar-refractivity contribution in [2.24, 2.45) is 0 Å². The smallest absolute Gasteiger partial charge is 0.239 e. The third-order valence-electron chi connectivity index (χ3n) is 4.42. The third-order valence-corrected chi connectivity index (χ3v) is 6.25. The summed E-state index contributed by atoms with van der Waals surface area (Å²) in [6.45, 7) is 2.16. The second-order valence-corrected chi connectivity index (χ2v) is 8.22. The zero-order valence-electron chi connectivity index (χ0n) is 14.1. The summed E-state index contributed by atoms with van der Waals surface area (Å²) in [4.78, 5) is 16.7. The van der Waals surface area contributed by atoms with Crippen molar-refractivity contribution >= 4 is 15.9 Å². The monoisotopic (exact) mass is 359 g/mol. The van der Waals surface area contributed by atoms with Gasteiger partial charge in [0.15, 0.2) is 0 Å². The van der Waals surface area contributed by atoms with E-state index in [0.717, 1.165) is 16.7 Å². The van der Waals surface area contributed by atoms with Crippen LogP contribution in [0.3, 0.4) is 0 Å². The first kappa shape index (κ1) is 17.6. The molecule has 0 saturated heterocycles. The van der Waals surface area contributed by atoms with E-state index in [9.17, 15) is 13.2 Å². The van der Waals surface area contributed by atoms with E-state index >= 15 is 0 Å². The lowest BCUT2D eigenvalue weighted by molar-refractivity contribution is -0.125. The number of carbonyl (C=O) groups excluding carboxylic acids is 1. The van der Waals surface area contributed by atoms with Crippen LogP contribution in [-0.4, -0.2) is 35.4 Å². The quantitative estimate of drug-likeness (QED) is 0.877. The second kappa shape index (κ2) is 7.33. The van der Waals surface area contributed by atoms with Crippen LogP contribution in [0.25, 0.3) is 0 Å². The van der Waals surface area contributed by atoms with Gasteiger partial charge in [-0.2, -0.15) is 4.31 Å². The van der Waals surface area contributed by atoms with Crippen LogP contribution in [0.5, 0.6) is 0 Å². The minimum Gasteiger partial charge on any atom is -0.351 e. The zero-order chi connectivity index (χ0) is 17.9. The van der Waals surface area contributed by atoms with Crippen molar-refractivity contribution in [3.63, 3.8) is 0 Å². The number of hydrogen-bond acceptors (Lipinski definition) is 4. The zero-order valence-corrected chi connectivity index (χ0v) is 14.9. The van der Waals surface area contributed by atoms with E-state index in [1.54, 1.807) is 25.4 Å². The Morgan fingerprint density at radius 2 is 2.00 bits per heavy atom. The highest BCUT2D eigenvalue weighted by molar-refractivity contribution is 7.89. The Bertz CT molecular complexity index is 853. The molecule has 1 aromatic carbocycles. The standard InChI is InChI=1S/C18H21N3O3S/c1-2-25(23,24)21-13-16-8-4-3-7-15(16)10-17(21)18(22)20-12-14-6-5-9-19-11-14/h3-9,11,17H,2,10,12-13H2,1H3,(H,20,22)/t17-/m1/s1. The van der Waals surface area contributed by atoms with Gasteiger partial charge in [0, 0.05) is 25.5 Å². The molecule has 0 aliphatic carbocycles. The van der Waals surface area contributed by atoms with Crippen LogP contribution in [0, 0.1) is 0 Å². The lowest BCUT2D eigenvalue weighted by atomic mass is 9.95. The van der Waals surface area contributed by atoms with Crippen LogP contribution in [0.15, 0.2) is 48.8 Å². The summed E-state index contributed by atoms with van der Waals surface area (Å²) in [5, 5.41) is 2.84. The Kier molecular flexibility index (Phi) is 5.15. The number of pyridine rings is 1. The van der Waals surface area contributed by atoms with Gasteiger partial charge in [-0.3, -0.25) is 9.78 Å². The number of benzene rings is 1. The Hall–Kier alpha value is -2.25. The van der Waals surface area contributed by atoms with Crippen LogP contribution in [0.2, 0.25) is 0 Å². The molecule has 132 valence electrons. The van der Waals surface area contributed by atoms with E-state index in [4.69, 9.17) is 0 Å². The number of nitrogens with one attached hydrogen (secondary N) is 1. The molecule has 3 rings (SSSR count). The first-order valence-corrected chi connectivity index (χ1v) is 9.85. The third kappa shape index (κ3) is 3.88. The summed E-state index contributed by atoms with van der Waals surface area (Å²) < 4.78 is 26.3. The van der Waals surface area contributed by atoms with Crippen molar-refractivity contribution in [1.82, 2.24) is 14.6 Å². The van der Waals surface area contributed by atoms with Gasteiger partial charge in [-0.1, -0.05) is 30.3 Å². The van der Waals surface area contributed by atoms with Crippen molar-refractivity contribution in [2.75, 3.05) is 5.75 Å². The number of rotatable bonds is 5. The van der Waals surface area contributed by atoms with Gasteiger partial charge in [-0.05, 0) is 36.1 Å². The lowest BCUT2D eigenvalue weighted by Gasteiger charge is -2.34.